The van der Waals surface area contributed by atoms with E-state index in [1.165, 1.54) is 12.1 Å². The Labute approximate surface area is 123 Å². The summed E-state index contributed by atoms with van der Waals surface area (Å²) in [6, 6.07) is 3.68. The van der Waals surface area contributed by atoms with E-state index in [0.29, 0.717) is 10.9 Å². The second-order valence-corrected chi connectivity index (χ2v) is 7.98. The number of alkyl halides is 3. The van der Waals surface area contributed by atoms with Crippen molar-refractivity contribution >= 4 is 31.5 Å². The molecule has 1 aliphatic rings. The summed E-state index contributed by atoms with van der Waals surface area (Å²) in [4.78, 5) is 0. The molecule has 1 aliphatic heterocycles. The molecule has 1 unspecified atom stereocenters. The fraction of sp³-hybridized carbons (Fsp3) is 0.500. The van der Waals surface area contributed by atoms with Crippen LogP contribution < -0.4 is 5.32 Å². The van der Waals surface area contributed by atoms with Crippen LogP contribution in [0.2, 0.25) is 0 Å². The summed E-state index contributed by atoms with van der Waals surface area (Å²) >= 11 is 3.13. The second kappa shape index (κ2) is 5.55. The summed E-state index contributed by atoms with van der Waals surface area (Å²) in [7, 11) is -3.02. The SMILES string of the molecule is O=S1(=O)CCC(CNc2cc(Br)ccc2C(F)(F)F)C1. The third-order valence-corrected chi connectivity index (χ3v) is 5.53. The topological polar surface area (TPSA) is 46.2 Å². The number of sulfone groups is 1. The van der Waals surface area contributed by atoms with Crippen molar-refractivity contribution in [1.82, 2.24) is 0 Å². The first kappa shape index (κ1) is 15.6. The van der Waals surface area contributed by atoms with E-state index in [1.807, 2.05) is 0 Å². The Hall–Kier alpha value is -0.760. The molecule has 1 aromatic rings. The zero-order valence-electron chi connectivity index (χ0n) is 10.4. The Kier molecular flexibility index (Phi) is 4.34. The van der Waals surface area contributed by atoms with Crippen molar-refractivity contribution in [3.63, 3.8) is 0 Å². The summed E-state index contributed by atoms with van der Waals surface area (Å²) in [5.41, 5.74) is -0.780. The van der Waals surface area contributed by atoms with Gasteiger partial charge in [-0.1, -0.05) is 15.9 Å². The first-order chi connectivity index (χ1) is 9.17. The van der Waals surface area contributed by atoms with Gasteiger partial charge in [0.15, 0.2) is 9.84 Å². The fourth-order valence-corrected chi connectivity index (χ4v) is 4.42. The zero-order chi connectivity index (χ0) is 15.0. The summed E-state index contributed by atoms with van der Waals surface area (Å²) in [5.74, 6) is 0.0133. The van der Waals surface area contributed by atoms with Gasteiger partial charge in [0, 0.05) is 16.7 Å². The zero-order valence-corrected chi connectivity index (χ0v) is 12.8. The van der Waals surface area contributed by atoms with Crippen LogP contribution in [0.4, 0.5) is 18.9 Å². The van der Waals surface area contributed by atoms with Gasteiger partial charge in [0.1, 0.15) is 0 Å². The number of halogens is 4. The fourth-order valence-electron chi connectivity index (χ4n) is 2.20. The molecule has 3 nitrogen and oxygen atoms in total. The summed E-state index contributed by atoms with van der Waals surface area (Å²) in [6.07, 6.45) is -3.95. The minimum atomic E-state index is -4.44. The van der Waals surface area contributed by atoms with E-state index in [2.05, 4.69) is 21.2 Å². The highest BCUT2D eigenvalue weighted by atomic mass is 79.9. The minimum Gasteiger partial charge on any atom is -0.384 e. The van der Waals surface area contributed by atoms with Crippen LogP contribution in [0.5, 0.6) is 0 Å². The van der Waals surface area contributed by atoms with Crippen molar-refractivity contribution in [3.05, 3.63) is 28.2 Å². The highest BCUT2D eigenvalue weighted by Crippen LogP contribution is 2.36. The molecule has 1 N–H and O–H groups in total. The number of nitrogens with one attached hydrogen (secondary N) is 1. The van der Waals surface area contributed by atoms with E-state index >= 15 is 0 Å². The second-order valence-electron chi connectivity index (χ2n) is 4.84. The number of anilines is 1. The molecule has 0 bridgehead atoms. The van der Waals surface area contributed by atoms with Crippen LogP contribution in [-0.4, -0.2) is 26.5 Å². The maximum absolute atomic E-state index is 12.9. The normalized spacial score (nSPS) is 21.9. The lowest BCUT2D eigenvalue weighted by atomic mass is 10.1. The van der Waals surface area contributed by atoms with Gasteiger partial charge in [-0.25, -0.2) is 8.42 Å². The maximum atomic E-state index is 12.9. The number of hydrogen-bond acceptors (Lipinski definition) is 3. The average Bonchev–Trinajstić information content (AvgIpc) is 2.65. The Balaban J connectivity index is 2.11. The molecular weight excluding hydrogens is 359 g/mol. The highest BCUT2D eigenvalue weighted by molar-refractivity contribution is 9.10. The van der Waals surface area contributed by atoms with E-state index in [1.54, 1.807) is 0 Å². The molecule has 112 valence electrons. The standard InChI is InChI=1S/C12H13BrF3NO2S/c13-9-1-2-10(12(14,15)16)11(5-9)17-6-8-3-4-20(18,19)7-8/h1-2,5,8,17H,3-4,6-7H2. The van der Waals surface area contributed by atoms with Crippen LogP contribution >= 0.6 is 15.9 Å². The highest BCUT2D eigenvalue weighted by Gasteiger charge is 2.34. The van der Waals surface area contributed by atoms with Crippen molar-refractivity contribution in [2.24, 2.45) is 5.92 Å². The smallest absolute Gasteiger partial charge is 0.384 e. The molecule has 0 saturated carbocycles. The largest absolute Gasteiger partial charge is 0.418 e. The van der Waals surface area contributed by atoms with Gasteiger partial charge in [0.05, 0.1) is 17.1 Å². The van der Waals surface area contributed by atoms with E-state index in [-0.39, 0.29) is 29.7 Å². The summed E-state index contributed by atoms with van der Waals surface area (Å²) in [6.45, 7) is 0.221. The Morgan fingerprint density at radius 2 is 2.05 bits per heavy atom. The molecule has 1 aromatic carbocycles. The van der Waals surface area contributed by atoms with Crippen LogP contribution in [-0.2, 0) is 16.0 Å². The third kappa shape index (κ3) is 3.88. The van der Waals surface area contributed by atoms with Crippen LogP contribution in [0.1, 0.15) is 12.0 Å². The van der Waals surface area contributed by atoms with E-state index in [4.69, 9.17) is 0 Å². The number of benzene rings is 1. The summed E-state index contributed by atoms with van der Waals surface area (Å²) < 4.78 is 61.7. The van der Waals surface area contributed by atoms with Crippen LogP contribution in [0.15, 0.2) is 22.7 Å². The molecule has 2 rings (SSSR count). The first-order valence-corrected chi connectivity index (χ1v) is 8.60. The predicted octanol–water partition coefficient (Wildman–Crippen LogP) is 3.31. The van der Waals surface area contributed by atoms with Crippen molar-refractivity contribution in [2.45, 2.75) is 12.6 Å². The lowest BCUT2D eigenvalue weighted by Crippen LogP contribution is -2.18. The summed E-state index contributed by atoms with van der Waals surface area (Å²) in [5, 5.41) is 2.73. The number of hydrogen-bond donors (Lipinski definition) is 1. The predicted molar refractivity (Wildman–Crippen MR) is 74.4 cm³/mol. The molecule has 1 fully saturated rings. The molecule has 0 spiro atoms. The van der Waals surface area contributed by atoms with Gasteiger partial charge in [0.25, 0.3) is 0 Å². The minimum absolute atomic E-state index is 0.0313. The van der Waals surface area contributed by atoms with E-state index in [0.717, 1.165) is 6.07 Å². The lowest BCUT2D eigenvalue weighted by molar-refractivity contribution is -0.137. The Bertz CT molecular complexity index is 601. The molecule has 0 amide bonds. The van der Waals surface area contributed by atoms with Crippen molar-refractivity contribution < 1.29 is 21.6 Å². The van der Waals surface area contributed by atoms with Crippen molar-refractivity contribution in [2.75, 3.05) is 23.4 Å². The molecule has 0 aromatic heterocycles. The molecule has 1 heterocycles. The molecule has 0 radical (unpaired) electrons. The molecular formula is C12H13BrF3NO2S. The van der Waals surface area contributed by atoms with E-state index < -0.39 is 21.6 Å². The van der Waals surface area contributed by atoms with Gasteiger partial charge in [-0.15, -0.1) is 0 Å². The van der Waals surface area contributed by atoms with E-state index in [9.17, 15) is 21.6 Å². The van der Waals surface area contributed by atoms with Gasteiger partial charge in [-0.2, -0.15) is 13.2 Å². The Morgan fingerprint density at radius 1 is 1.35 bits per heavy atom. The monoisotopic (exact) mass is 371 g/mol. The number of rotatable bonds is 3. The first-order valence-electron chi connectivity index (χ1n) is 5.98. The Morgan fingerprint density at radius 3 is 2.60 bits per heavy atom. The van der Waals surface area contributed by atoms with Gasteiger partial charge in [-0.05, 0) is 30.5 Å². The third-order valence-electron chi connectivity index (χ3n) is 3.19. The quantitative estimate of drug-likeness (QED) is 0.886. The van der Waals surface area contributed by atoms with Gasteiger partial charge in [0.2, 0.25) is 0 Å². The van der Waals surface area contributed by atoms with Crippen LogP contribution in [0, 0.1) is 5.92 Å². The van der Waals surface area contributed by atoms with Crippen LogP contribution in [0.3, 0.4) is 0 Å². The van der Waals surface area contributed by atoms with Gasteiger partial charge in [-0.3, -0.25) is 0 Å². The van der Waals surface area contributed by atoms with Crippen molar-refractivity contribution in [1.29, 1.82) is 0 Å². The lowest BCUT2D eigenvalue weighted by Gasteiger charge is -2.16. The van der Waals surface area contributed by atoms with Gasteiger partial charge < -0.3 is 5.32 Å². The van der Waals surface area contributed by atoms with Gasteiger partial charge >= 0.3 is 6.18 Å². The molecule has 8 heteroatoms. The maximum Gasteiger partial charge on any atom is 0.418 e. The van der Waals surface area contributed by atoms with Crippen molar-refractivity contribution in [3.8, 4) is 0 Å². The van der Waals surface area contributed by atoms with Crippen LogP contribution in [0.25, 0.3) is 0 Å². The average molecular weight is 372 g/mol. The molecule has 0 aliphatic carbocycles. The molecule has 1 saturated heterocycles. The molecule has 1 atom stereocenters. The molecule has 20 heavy (non-hydrogen) atoms.